The third-order valence-electron chi connectivity index (χ3n) is 8.36. The number of allylic oxidation sites excluding steroid dienone is 5. The van der Waals surface area contributed by atoms with Gasteiger partial charge >= 0.3 is 0 Å². The van der Waals surface area contributed by atoms with Crippen LogP contribution in [0, 0.1) is 5.92 Å². The molecule has 208 valence electrons. The van der Waals surface area contributed by atoms with Crippen molar-refractivity contribution in [3.05, 3.63) is 157 Å². The number of hydrogen-bond donors (Lipinski definition) is 0. The van der Waals surface area contributed by atoms with E-state index in [4.69, 9.17) is 15.0 Å². The highest BCUT2D eigenvalue weighted by molar-refractivity contribution is 5.80. The lowest BCUT2D eigenvalue weighted by Crippen LogP contribution is -2.07. The number of rotatable bonds is 6. The van der Waals surface area contributed by atoms with Crippen LogP contribution in [0.15, 0.2) is 151 Å². The molecule has 0 spiro atoms. The molecule has 2 aliphatic rings. The summed E-state index contributed by atoms with van der Waals surface area (Å²) < 4.78 is 0. The fourth-order valence-corrected chi connectivity index (χ4v) is 5.98. The zero-order valence-electron chi connectivity index (χ0n) is 24.2. The summed E-state index contributed by atoms with van der Waals surface area (Å²) in [6, 6.07) is 36.5. The number of pyridine rings is 2. The molecular formula is C40H33N3. The number of aliphatic imine (C=N–C) groups is 1. The Balaban J connectivity index is 1.35. The second-order valence-corrected chi connectivity index (χ2v) is 11.3. The van der Waals surface area contributed by atoms with Crippen LogP contribution in [0.1, 0.15) is 36.4 Å². The van der Waals surface area contributed by atoms with Crippen molar-refractivity contribution >= 4 is 6.21 Å². The van der Waals surface area contributed by atoms with Gasteiger partial charge in [0.2, 0.25) is 0 Å². The van der Waals surface area contributed by atoms with Crippen molar-refractivity contribution in [2.24, 2.45) is 10.9 Å². The molecule has 43 heavy (non-hydrogen) atoms. The Labute approximate surface area is 253 Å². The Kier molecular flexibility index (Phi) is 7.45. The van der Waals surface area contributed by atoms with Crippen LogP contribution in [0.4, 0.5) is 0 Å². The van der Waals surface area contributed by atoms with Crippen LogP contribution < -0.4 is 0 Å². The maximum absolute atomic E-state index is 5.10. The van der Waals surface area contributed by atoms with E-state index in [9.17, 15) is 0 Å². The van der Waals surface area contributed by atoms with Crippen molar-refractivity contribution in [1.82, 2.24) is 9.97 Å². The summed E-state index contributed by atoms with van der Waals surface area (Å²) in [5.41, 5.74) is 10.8. The molecule has 7 rings (SSSR count). The molecule has 3 heterocycles. The molecule has 0 fully saturated rings. The average Bonchev–Trinajstić information content (AvgIpc) is 3.09. The van der Waals surface area contributed by atoms with Gasteiger partial charge in [-0.1, -0.05) is 104 Å². The van der Waals surface area contributed by atoms with Crippen LogP contribution in [-0.2, 0) is 0 Å². The SMILES string of the molecule is CC1C=CC=CC1c1ccc(-c2cc(-c3cc(-c4ccccc4)nc(-c4ccccc4)c3)cc(C3CC=CC=N3)c2)nc1. The van der Waals surface area contributed by atoms with Crippen LogP contribution in [-0.4, -0.2) is 16.2 Å². The van der Waals surface area contributed by atoms with E-state index in [0.717, 1.165) is 51.3 Å². The molecule has 2 aromatic heterocycles. The van der Waals surface area contributed by atoms with Gasteiger partial charge in [-0.15, -0.1) is 0 Å². The van der Waals surface area contributed by atoms with E-state index in [0.29, 0.717) is 11.8 Å². The largest absolute Gasteiger partial charge is 0.285 e. The van der Waals surface area contributed by atoms with Crippen molar-refractivity contribution in [1.29, 1.82) is 0 Å². The predicted octanol–water partition coefficient (Wildman–Crippen LogP) is 10.1. The highest BCUT2D eigenvalue weighted by atomic mass is 14.8. The summed E-state index contributed by atoms with van der Waals surface area (Å²) in [6.07, 6.45) is 17.8. The summed E-state index contributed by atoms with van der Waals surface area (Å²) in [5.74, 6) is 0.801. The Morgan fingerprint density at radius 1 is 0.581 bits per heavy atom. The van der Waals surface area contributed by atoms with Crippen LogP contribution >= 0.6 is 0 Å². The Morgan fingerprint density at radius 3 is 1.88 bits per heavy atom. The van der Waals surface area contributed by atoms with Crippen molar-refractivity contribution in [3.8, 4) is 44.9 Å². The molecule has 0 saturated heterocycles. The molecule has 3 aromatic carbocycles. The molecular weight excluding hydrogens is 522 g/mol. The van der Waals surface area contributed by atoms with E-state index in [-0.39, 0.29) is 6.04 Å². The van der Waals surface area contributed by atoms with E-state index >= 15 is 0 Å². The normalized spacial score (nSPS) is 19.0. The van der Waals surface area contributed by atoms with Crippen LogP contribution in [0.5, 0.6) is 0 Å². The van der Waals surface area contributed by atoms with Gasteiger partial charge in [0.05, 0.1) is 23.1 Å². The Bertz CT molecular complexity index is 1790. The molecule has 5 aromatic rings. The highest BCUT2D eigenvalue weighted by Gasteiger charge is 2.19. The minimum Gasteiger partial charge on any atom is -0.285 e. The quantitative estimate of drug-likeness (QED) is 0.209. The first-order chi connectivity index (χ1) is 21.2. The summed E-state index contributed by atoms with van der Waals surface area (Å²) in [7, 11) is 0. The van der Waals surface area contributed by atoms with E-state index in [2.05, 4.69) is 128 Å². The minimum absolute atomic E-state index is 0.0759. The summed E-state index contributed by atoms with van der Waals surface area (Å²) in [5, 5.41) is 0. The minimum atomic E-state index is 0.0759. The molecule has 3 nitrogen and oxygen atoms in total. The lowest BCUT2D eigenvalue weighted by atomic mass is 9.85. The van der Waals surface area contributed by atoms with E-state index in [1.54, 1.807) is 0 Å². The van der Waals surface area contributed by atoms with Gasteiger partial charge in [-0.25, -0.2) is 4.98 Å². The number of dihydropyridines is 1. The Hall–Kier alpha value is -5.15. The van der Waals surface area contributed by atoms with Crippen LogP contribution in [0.25, 0.3) is 44.9 Å². The molecule has 0 saturated carbocycles. The summed E-state index contributed by atoms with van der Waals surface area (Å²) in [6.45, 7) is 2.26. The highest BCUT2D eigenvalue weighted by Crippen LogP contribution is 2.37. The molecule has 3 atom stereocenters. The first-order valence-electron chi connectivity index (χ1n) is 15.0. The third kappa shape index (κ3) is 5.80. The number of hydrogen-bond acceptors (Lipinski definition) is 3. The van der Waals surface area contributed by atoms with Gasteiger partial charge in [-0.2, -0.15) is 0 Å². The lowest BCUT2D eigenvalue weighted by molar-refractivity contribution is 0.633. The number of aromatic nitrogens is 2. The van der Waals surface area contributed by atoms with Gasteiger partial charge in [0.15, 0.2) is 0 Å². The van der Waals surface area contributed by atoms with Crippen molar-refractivity contribution in [2.75, 3.05) is 0 Å². The molecule has 0 N–H and O–H groups in total. The van der Waals surface area contributed by atoms with Gasteiger partial charge in [-0.3, -0.25) is 9.98 Å². The maximum atomic E-state index is 5.10. The van der Waals surface area contributed by atoms with E-state index < -0.39 is 0 Å². The molecule has 1 aliphatic heterocycles. The monoisotopic (exact) mass is 555 g/mol. The van der Waals surface area contributed by atoms with Gasteiger partial charge < -0.3 is 0 Å². The fourth-order valence-electron chi connectivity index (χ4n) is 5.98. The van der Waals surface area contributed by atoms with Gasteiger partial charge in [0.25, 0.3) is 0 Å². The second-order valence-electron chi connectivity index (χ2n) is 11.3. The zero-order valence-corrected chi connectivity index (χ0v) is 24.2. The first kappa shape index (κ1) is 26.7. The summed E-state index contributed by atoms with van der Waals surface area (Å²) in [4.78, 5) is 14.9. The predicted molar refractivity (Wildman–Crippen MR) is 179 cm³/mol. The number of nitrogens with zero attached hydrogens (tertiary/aromatic N) is 3. The maximum Gasteiger partial charge on any atom is 0.0783 e. The third-order valence-corrected chi connectivity index (χ3v) is 8.36. The van der Waals surface area contributed by atoms with Gasteiger partial charge in [-0.05, 0) is 77.1 Å². The molecule has 0 bridgehead atoms. The van der Waals surface area contributed by atoms with E-state index in [1.165, 1.54) is 11.1 Å². The standard InChI is InChI=1S/C40H33N3/c1-28-12-8-9-17-36(28)31-19-20-38(42-27-31)35-23-32(22-34(24-35)37-18-10-11-21-41-37)33-25-39(29-13-4-2-5-14-29)43-40(26-33)30-15-6-3-7-16-30/h2-17,19-28,36-37H,18H2,1H3. The smallest absolute Gasteiger partial charge is 0.0783 e. The van der Waals surface area contributed by atoms with Gasteiger partial charge in [0.1, 0.15) is 0 Å². The van der Waals surface area contributed by atoms with E-state index in [1.807, 2.05) is 30.6 Å². The van der Waals surface area contributed by atoms with Gasteiger partial charge in [0, 0.05) is 35.0 Å². The lowest BCUT2D eigenvalue weighted by Gasteiger charge is -2.21. The zero-order chi connectivity index (χ0) is 29.0. The average molecular weight is 556 g/mol. The Morgan fingerprint density at radius 2 is 1.26 bits per heavy atom. The molecule has 3 heteroatoms. The second kappa shape index (κ2) is 12.0. The molecule has 3 unspecified atom stereocenters. The van der Waals surface area contributed by atoms with Crippen molar-refractivity contribution < 1.29 is 0 Å². The van der Waals surface area contributed by atoms with Crippen LogP contribution in [0.2, 0.25) is 0 Å². The van der Waals surface area contributed by atoms with Crippen LogP contribution in [0.3, 0.4) is 0 Å². The van der Waals surface area contributed by atoms with Crippen molar-refractivity contribution in [3.63, 3.8) is 0 Å². The molecule has 0 radical (unpaired) electrons. The first-order valence-corrected chi connectivity index (χ1v) is 15.0. The topological polar surface area (TPSA) is 38.1 Å². The fraction of sp³-hybridized carbons (Fsp3) is 0.125. The van der Waals surface area contributed by atoms with Crippen molar-refractivity contribution in [2.45, 2.75) is 25.3 Å². The molecule has 0 amide bonds. The molecule has 1 aliphatic carbocycles. The summed E-state index contributed by atoms with van der Waals surface area (Å²) >= 11 is 0. The number of benzene rings is 3.